The fourth-order valence-electron chi connectivity index (χ4n) is 3.15. The summed E-state index contributed by atoms with van der Waals surface area (Å²) in [7, 11) is 4.83. The minimum Gasteiger partial charge on any atom is -0.493 e. The Morgan fingerprint density at radius 1 is 1.21 bits per heavy atom. The predicted octanol–water partition coefficient (Wildman–Crippen LogP) is 2.26. The molecule has 1 N–H and O–H groups in total. The van der Waals surface area contributed by atoms with Gasteiger partial charge in [-0.05, 0) is 37.1 Å². The molecule has 0 saturated heterocycles. The minimum absolute atomic E-state index is 0.0933. The van der Waals surface area contributed by atoms with Gasteiger partial charge in [-0.3, -0.25) is 19.0 Å². The topological polar surface area (TPSA) is 103 Å². The van der Waals surface area contributed by atoms with Crippen LogP contribution in [0.15, 0.2) is 29.3 Å². The van der Waals surface area contributed by atoms with E-state index in [4.69, 9.17) is 9.47 Å². The van der Waals surface area contributed by atoms with Crippen molar-refractivity contribution in [3.63, 3.8) is 0 Å². The molecular weight excluding hydrogens is 444 g/mol. The number of hydrogen-bond donors (Lipinski definition) is 1. The predicted molar refractivity (Wildman–Crippen MR) is 127 cm³/mol. The molecule has 3 rings (SSSR count). The van der Waals surface area contributed by atoms with E-state index in [0.717, 1.165) is 20.8 Å². The SMILES string of the molecule is COc1cc(CNC(=O)CCn2cnc3sc(C)c(C)c3c2=O)ccc1OCC(=O)N(C)C. The highest BCUT2D eigenvalue weighted by Gasteiger charge is 2.13. The first-order valence-corrected chi connectivity index (χ1v) is 11.2. The second-order valence-electron chi connectivity index (χ2n) is 7.80. The number of benzene rings is 1. The number of likely N-dealkylation sites (N-methyl/N-ethyl adjacent to an activating group) is 1. The molecule has 0 aliphatic rings. The van der Waals surface area contributed by atoms with Crippen molar-refractivity contribution < 1.29 is 19.1 Å². The number of nitrogens with zero attached hydrogens (tertiary/aromatic N) is 3. The Morgan fingerprint density at radius 2 is 1.97 bits per heavy atom. The van der Waals surface area contributed by atoms with Crippen LogP contribution in [0.25, 0.3) is 10.2 Å². The minimum atomic E-state index is -0.184. The Morgan fingerprint density at radius 3 is 2.67 bits per heavy atom. The van der Waals surface area contributed by atoms with Crippen LogP contribution in [-0.2, 0) is 22.7 Å². The summed E-state index contributed by atoms with van der Waals surface area (Å²) in [4.78, 5) is 44.4. The first kappa shape index (κ1) is 24.2. The fraction of sp³-hybridized carbons (Fsp3) is 0.391. The molecule has 1 aromatic carbocycles. The molecule has 2 aromatic heterocycles. The van der Waals surface area contributed by atoms with Crippen LogP contribution in [0.1, 0.15) is 22.4 Å². The number of carbonyl (C=O) groups is 2. The first-order chi connectivity index (χ1) is 15.7. The molecule has 0 bridgehead atoms. The number of aryl methyl sites for hydroxylation is 3. The van der Waals surface area contributed by atoms with Crippen LogP contribution in [0.4, 0.5) is 0 Å². The third-order valence-electron chi connectivity index (χ3n) is 5.30. The molecule has 0 aliphatic heterocycles. The zero-order chi connectivity index (χ0) is 24.1. The molecule has 3 aromatic rings. The van der Waals surface area contributed by atoms with Gasteiger partial charge in [0.05, 0.1) is 18.8 Å². The van der Waals surface area contributed by atoms with Crippen molar-refractivity contribution in [2.75, 3.05) is 27.8 Å². The second kappa shape index (κ2) is 10.5. The fourth-order valence-corrected chi connectivity index (χ4v) is 4.14. The first-order valence-electron chi connectivity index (χ1n) is 10.4. The lowest BCUT2D eigenvalue weighted by atomic mass is 10.2. The van der Waals surface area contributed by atoms with E-state index in [1.165, 1.54) is 34.2 Å². The molecule has 0 aliphatic carbocycles. The summed E-state index contributed by atoms with van der Waals surface area (Å²) in [5.74, 6) is 0.576. The molecule has 33 heavy (non-hydrogen) atoms. The highest BCUT2D eigenvalue weighted by Crippen LogP contribution is 2.28. The molecule has 0 atom stereocenters. The molecule has 0 radical (unpaired) electrons. The quantitative estimate of drug-likeness (QED) is 0.513. The van der Waals surface area contributed by atoms with Crippen LogP contribution in [0.2, 0.25) is 0 Å². The molecule has 9 nitrogen and oxygen atoms in total. The highest BCUT2D eigenvalue weighted by atomic mass is 32.1. The third kappa shape index (κ3) is 5.70. The van der Waals surface area contributed by atoms with Crippen molar-refractivity contribution in [3.05, 3.63) is 50.9 Å². The van der Waals surface area contributed by atoms with Gasteiger partial charge in [0.15, 0.2) is 18.1 Å². The number of amides is 2. The van der Waals surface area contributed by atoms with Crippen molar-refractivity contribution in [1.82, 2.24) is 19.8 Å². The van der Waals surface area contributed by atoms with E-state index in [1.54, 1.807) is 32.3 Å². The number of fused-ring (bicyclic) bond motifs is 1. The van der Waals surface area contributed by atoms with E-state index in [2.05, 4.69) is 10.3 Å². The number of methoxy groups -OCH3 is 1. The third-order valence-corrected chi connectivity index (χ3v) is 6.42. The van der Waals surface area contributed by atoms with Gasteiger partial charge in [-0.1, -0.05) is 6.07 Å². The van der Waals surface area contributed by atoms with Gasteiger partial charge in [0, 0.05) is 38.5 Å². The van der Waals surface area contributed by atoms with Crippen LogP contribution >= 0.6 is 11.3 Å². The van der Waals surface area contributed by atoms with E-state index in [1.807, 2.05) is 13.8 Å². The summed E-state index contributed by atoms with van der Waals surface area (Å²) in [5, 5.41) is 3.47. The van der Waals surface area contributed by atoms with Crippen molar-refractivity contribution in [3.8, 4) is 11.5 Å². The molecule has 2 heterocycles. The van der Waals surface area contributed by atoms with Gasteiger partial charge >= 0.3 is 0 Å². The lowest BCUT2D eigenvalue weighted by molar-refractivity contribution is -0.130. The van der Waals surface area contributed by atoms with E-state index in [0.29, 0.717) is 23.4 Å². The lowest BCUT2D eigenvalue weighted by Crippen LogP contribution is -2.28. The summed E-state index contributed by atoms with van der Waals surface area (Å²) in [6.07, 6.45) is 1.65. The molecule has 176 valence electrons. The van der Waals surface area contributed by atoms with E-state index in [-0.39, 0.29) is 36.9 Å². The monoisotopic (exact) mass is 472 g/mol. The summed E-state index contributed by atoms with van der Waals surface area (Å²) in [5.41, 5.74) is 1.64. The summed E-state index contributed by atoms with van der Waals surface area (Å²) in [6.45, 7) is 4.33. The van der Waals surface area contributed by atoms with Gasteiger partial charge in [0.25, 0.3) is 11.5 Å². The Labute approximate surface area is 195 Å². The van der Waals surface area contributed by atoms with Crippen LogP contribution in [0.5, 0.6) is 11.5 Å². The number of carbonyl (C=O) groups excluding carboxylic acids is 2. The summed E-state index contributed by atoms with van der Waals surface area (Å²) >= 11 is 1.50. The normalized spacial score (nSPS) is 10.8. The number of hydrogen-bond acceptors (Lipinski definition) is 7. The zero-order valence-corrected chi connectivity index (χ0v) is 20.2. The Bertz CT molecular complexity index is 1230. The van der Waals surface area contributed by atoms with Crippen molar-refractivity contribution >= 4 is 33.4 Å². The average molecular weight is 473 g/mol. The lowest BCUT2D eigenvalue weighted by Gasteiger charge is -2.14. The molecule has 2 amide bonds. The Hall–Kier alpha value is -3.40. The average Bonchev–Trinajstić information content (AvgIpc) is 3.09. The van der Waals surface area contributed by atoms with E-state index in [9.17, 15) is 14.4 Å². The Kier molecular flexibility index (Phi) is 7.70. The van der Waals surface area contributed by atoms with Crippen molar-refractivity contribution in [1.29, 1.82) is 0 Å². The maximum Gasteiger partial charge on any atom is 0.262 e. The molecule has 0 unspecified atom stereocenters. The van der Waals surface area contributed by atoms with Gasteiger partial charge in [-0.2, -0.15) is 0 Å². The van der Waals surface area contributed by atoms with E-state index < -0.39 is 0 Å². The smallest absolute Gasteiger partial charge is 0.262 e. The van der Waals surface area contributed by atoms with Gasteiger partial charge in [0.2, 0.25) is 5.91 Å². The molecular formula is C23H28N4O5S. The number of ether oxygens (including phenoxy) is 2. The number of nitrogens with one attached hydrogen (secondary N) is 1. The van der Waals surface area contributed by atoms with Crippen LogP contribution in [0.3, 0.4) is 0 Å². The van der Waals surface area contributed by atoms with Crippen molar-refractivity contribution in [2.24, 2.45) is 0 Å². The summed E-state index contributed by atoms with van der Waals surface area (Å²) < 4.78 is 12.4. The molecule has 0 spiro atoms. The molecule has 10 heteroatoms. The molecule has 0 saturated carbocycles. The van der Waals surface area contributed by atoms with Crippen LogP contribution in [0, 0.1) is 13.8 Å². The largest absolute Gasteiger partial charge is 0.493 e. The van der Waals surface area contributed by atoms with Gasteiger partial charge in [0.1, 0.15) is 4.83 Å². The van der Waals surface area contributed by atoms with Gasteiger partial charge < -0.3 is 19.7 Å². The highest BCUT2D eigenvalue weighted by molar-refractivity contribution is 7.18. The van der Waals surface area contributed by atoms with Crippen molar-refractivity contribution in [2.45, 2.75) is 33.4 Å². The maximum absolute atomic E-state index is 12.7. The van der Waals surface area contributed by atoms with Crippen LogP contribution < -0.4 is 20.3 Å². The van der Waals surface area contributed by atoms with Gasteiger partial charge in [-0.25, -0.2) is 4.98 Å². The number of aromatic nitrogens is 2. The Balaban J connectivity index is 1.57. The maximum atomic E-state index is 12.7. The van der Waals surface area contributed by atoms with Crippen LogP contribution in [-0.4, -0.2) is 54.1 Å². The number of rotatable bonds is 9. The number of thiophene rings is 1. The second-order valence-corrected chi connectivity index (χ2v) is 9.00. The standard InChI is InChI=1S/C23H28N4O5S/c1-14-15(2)33-22-21(14)23(30)27(13-25-22)9-8-19(28)24-11-16-6-7-17(18(10-16)31-5)32-12-20(29)26(3)4/h6-7,10,13H,8-9,11-12H2,1-5H3,(H,24,28). The van der Waals surface area contributed by atoms with E-state index >= 15 is 0 Å². The summed E-state index contributed by atoms with van der Waals surface area (Å²) in [6, 6.07) is 5.25. The van der Waals surface area contributed by atoms with Gasteiger partial charge in [-0.15, -0.1) is 11.3 Å². The zero-order valence-electron chi connectivity index (χ0n) is 19.4. The molecule has 0 fully saturated rings.